The predicted molar refractivity (Wildman–Crippen MR) is 48.5 cm³/mol. The average Bonchev–Trinajstić information content (AvgIpc) is 1.88. The Morgan fingerprint density at radius 2 is 2.00 bits per heavy atom. The molecule has 0 bridgehead atoms. The lowest BCUT2D eigenvalue weighted by Crippen LogP contribution is -2.31. The van der Waals surface area contributed by atoms with E-state index in [1.54, 1.807) is 6.21 Å². The SMILES string of the molecule is CC(C)(C)N=C/C(C=[NH2+])=C/N. The zero-order chi connectivity index (χ0) is 8.91. The predicted octanol–water partition coefficient (Wildman–Crippen LogP) is -0.472. The third kappa shape index (κ3) is 5.33. The van der Waals surface area contributed by atoms with Crippen LogP contribution < -0.4 is 11.1 Å². The van der Waals surface area contributed by atoms with Crippen LogP contribution in [0.25, 0.3) is 0 Å². The van der Waals surface area contributed by atoms with E-state index in [0.717, 1.165) is 5.57 Å². The Kier molecular flexibility index (Phi) is 3.51. The summed E-state index contributed by atoms with van der Waals surface area (Å²) >= 11 is 0. The normalized spacial score (nSPS) is 13.9. The minimum absolute atomic E-state index is 0.0722. The highest BCUT2D eigenvalue weighted by Crippen LogP contribution is 2.04. The zero-order valence-electron chi connectivity index (χ0n) is 7.33. The van der Waals surface area contributed by atoms with E-state index < -0.39 is 0 Å². The van der Waals surface area contributed by atoms with Crippen LogP contribution in [0.5, 0.6) is 0 Å². The van der Waals surface area contributed by atoms with Gasteiger partial charge < -0.3 is 5.73 Å². The van der Waals surface area contributed by atoms with Crippen LogP contribution in [-0.4, -0.2) is 18.0 Å². The monoisotopic (exact) mass is 154 g/mol. The molecule has 0 fully saturated rings. The van der Waals surface area contributed by atoms with Gasteiger partial charge in [-0.25, -0.2) is 0 Å². The average molecular weight is 154 g/mol. The summed E-state index contributed by atoms with van der Waals surface area (Å²) in [6, 6.07) is 0. The van der Waals surface area contributed by atoms with Crippen molar-refractivity contribution in [3.05, 3.63) is 11.8 Å². The third-order valence-electron chi connectivity index (χ3n) is 0.986. The lowest BCUT2D eigenvalue weighted by atomic mass is 10.1. The fourth-order valence-corrected chi connectivity index (χ4v) is 0.410. The van der Waals surface area contributed by atoms with Crippen molar-refractivity contribution in [2.75, 3.05) is 0 Å². The molecule has 0 aliphatic heterocycles. The molecule has 0 aromatic heterocycles. The summed E-state index contributed by atoms with van der Waals surface area (Å²) in [5, 5.41) is 5.25. The molecule has 0 aromatic rings. The van der Waals surface area contributed by atoms with E-state index in [9.17, 15) is 0 Å². The van der Waals surface area contributed by atoms with Gasteiger partial charge in [-0.1, -0.05) is 0 Å². The fraction of sp³-hybridized carbons (Fsp3) is 0.500. The summed E-state index contributed by atoms with van der Waals surface area (Å²) in [6.07, 6.45) is 4.52. The Morgan fingerprint density at radius 3 is 2.27 bits per heavy atom. The van der Waals surface area contributed by atoms with Crippen molar-refractivity contribution in [3.63, 3.8) is 0 Å². The van der Waals surface area contributed by atoms with E-state index in [0.29, 0.717) is 0 Å². The Hall–Kier alpha value is -1.12. The quantitative estimate of drug-likeness (QED) is 0.519. The molecule has 0 radical (unpaired) electrons. The van der Waals surface area contributed by atoms with Gasteiger partial charge in [0.1, 0.15) is 0 Å². The molecule has 0 heterocycles. The van der Waals surface area contributed by atoms with E-state index in [1.807, 2.05) is 20.8 Å². The first-order chi connectivity index (χ1) is 4.99. The van der Waals surface area contributed by atoms with Crippen LogP contribution in [-0.2, 0) is 0 Å². The van der Waals surface area contributed by atoms with Crippen LogP contribution in [0.2, 0.25) is 0 Å². The van der Waals surface area contributed by atoms with Crippen LogP contribution in [0, 0.1) is 0 Å². The summed E-state index contributed by atoms with van der Waals surface area (Å²) < 4.78 is 0. The number of hydrogen-bond acceptors (Lipinski definition) is 2. The van der Waals surface area contributed by atoms with Gasteiger partial charge in [0.2, 0.25) is 0 Å². The maximum absolute atomic E-state index is 5.25. The second-order valence-electron chi connectivity index (χ2n) is 3.26. The first kappa shape index (κ1) is 9.88. The van der Waals surface area contributed by atoms with Gasteiger partial charge in [-0.2, -0.15) is 0 Å². The van der Waals surface area contributed by atoms with Crippen molar-refractivity contribution in [2.24, 2.45) is 10.7 Å². The number of aliphatic imine (C=N–C) groups is 1. The van der Waals surface area contributed by atoms with Gasteiger partial charge in [0.05, 0.1) is 11.1 Å². The molecule has 0 aromatic carbocycles. The number of hydrogen-bond donors (Lipinski definition) is 2. The number of nitrogens with two attached hydrogens (primary N) is 2. The lowest BCUT2D eigenvalue weighted by Gasteiger charge is -2.10. The molecule has 11 heavy (non-hydrogen) atoms. The number of nitrogens with zero attached hydrogens (tertiary/aromatic N) is 1. The van der Waals surface area contributed by atoms with E-state index in [-0.39, 0.29) is 5.54 Å². The number of rotatable bonds is 2. The number of allylic oxidation sites excluding steroid dienone is 1. The van der Waals surface area contributed by atoms with E-state index >= 15 is 0 Å². The summed E-state index contributed by atoms with van der Waals surface area (Å²) in [5.74, 6) is 0. The lowest BCUT2D eigenvalue weighted by molar-refractivity contribution is -0.104. The van der Waals surface area contributed by atoms with Crippen LogP contribution in [0.1, 0.15) is 20.8 Å². The molecule has 4 N–H and O–H groups in total. The molecular weight excluding hydrogens is 138 g/mol. The highest BCUT2D eigenvalue weighted by Gasteiger charge is 2.04. The van der Waals surface area contributed by atoms with Crippen molar-refractivity contribution in [1.82, 2.24) is 0 Å². The Bertz CT molecular complexity index is 184. The first-order valence-electron chi connectivity index (χ1n) is 3.51. The van der Waals surface area contributed by atoms with Crippen LogP contribution in [0.3, 0.4) is 0 Å². The molecule has 0 unspecified atom stereocenters. The molecule has 0 spiro atoms. The van der Waals surface area contributed by atoms with Gasteiger partial charge in [-0.15, -0.1) is 0 Å². The molecule has 0 saturated heterocycles. The molecule has 3 heteroatoms. The molecule has 0 aliphatic carbocycles. The summed E-state index contributed by atoms with van der Waals surface area (Å²) in [5.41, 5.74) is 5.91. The van der Waals surface area contributed by atoms with Crippen LogP contribution in [0.15, 0.2) is 16.8 Å². The minimum atomic E-state index is -0.0722. The maximum atomic E-state index is 5.25. The molecule has 0 atom stereocenters. The standard InChI is InChI=1S/C8H15N3/c1-8(2,3)11-6-7(4-9)5-10/h4-6,9H,10H2,1-3H3/p+1/b7-5+,9-4?,11-6?. The minimum Gasteiger partial charge on any atom is -0.404 e. The highest BCUT2D eigenvalue weighted by atomic mass is 14.8. The molecule has 0 rings (SSSR count). The molecule has 62 valence electrons. The summed E-state index contributed by atoms with van der Waals surface area (Å²) in [4.78, 5) is 4.21. The van der Waals surface area contributed by atoms with Gasteiger partial charge in [0.15, 0.2) is 6.21 Å². The van der Waals surface area contributed by atoms with Gasteiger partial charge >= 0.3 is 0 Å². The topological polar surface area (TPSA) is 64.0 Å². The molecule has 3 nitrogen and oxygen atoms in total. The smallest absolute Gasteiger partial charge is 0.170 e. The van der Waals surface area contributed by atoms with Gasteiger partial charge in [-0.05, 0) is 20.8 Å². The largest absolute Gasteiger partial charge is 0.404 e. The summed E-state index contributed by atoms with van der Waals surface area (Å²) in [6.45, 7) is 6.02. The molecule has 0 amide bonds. The summed E-state index contributed by atoms with van der Waals surface area (Å²) in [7, 11) is 0. The van der Waals surface area contributed by atoms with E-state index in [2.05, 4.69) is 4.99 Å². The van der Waals surface area contributed by atoms with Gasteiger partial charge in [0, 0.05) is 12.4 Å². The third-order valence-corrected chi connectivity index (χ3v) is 0.986. The molecule has 0 saturated carbocycles. The van der Waals surface area contributed by atoms with Gasteiger partial charge in [0.25, 0.3) is 0 Å². The second-order valence-corrected chi connectivity index (χ2v) is 3.26. The molecular formula is C8H16N3+. The van der Waals surface area contributed by atoms with E-state index in [1.165, 1.54) is 12.4 Å². The van der Waals surface area contributed by atoms with Crippen LogP contribution >= 0.6 is 0 Å². The highest BCUT2D eigenvalue weighted by molar-refractivity contribution is 6.01. The Labute approximate surface area is 67.5 Å². The zero-order valence-corrected chi connectivity index (χ0v) is 7.33. The van der Waals surface area contributed by atoms with Crippen molar-refractivity contribution < 1.29 is 5.41 Å². The second kappa shape index (κ2) is 3.91. The van der Waals surface area contributed by atoms with Crippen molar-refractivity contribution >= 4 is 12.4 Å². The first-order valence-corrected chi connectivity index (χ1v) is 3.51. The van der Waals surface area contributed by atoms with Crippen molar-refractivity contribution in [1.29, 1.82) is 0 Å². The maximum Gasteiger partial charge on any atom is 0.170 e. The Morgan fingerprint density at radius 1 is 1.45 bits per heavy atom. The Balaban J connectivity index is 4.23. The molecule has 0 aliphatic rings. The fourth-order valence-electron chi connectivity index (χ4n) is 0.410. The van der Waals surface area contributed by atoms with Crippen LogP contribution in [0.4, 0.5) is 0 Å². The van der Waals surface area contributed by atoms with E-state index in [4.69, 9.17) is 11.1 Å². The van der Waals surface area contributed by atoms with Crippen molar-refractivity contribution in [3.8, 4) is 0 Å². The van der Waals surface area contributed by atoms with Gasteiger partial charge in [-0.3, -0.25) is 10.4 Å². The van der Waals surface area contributed by atoms with Crippen molar-refractivity contribution in [2.45, 2.75) is 26.3 Å².